The van der Waals surface area contributed by atoms with Crippen LogP contribution >= 0.6 is 0 Å². The van der Waals surface area contributed by atoms with E-state index in [0.717, 1.165) is 12.8 Å². The normalized spacial score (nSPS) is 22.1. The Labute approximate surface area is 66.4 Å². The molecule has 2 heteroatoms. The minimum absolute atomic E-state index is 0.143. The number of benzene rings is 1. The standard InChI is InChI=1S/C9H12N2/c10-9-6-5-7-3-1-2-4-8(7)11-9/h1-4,9,11H,5-6,10H2/t9-/m0/s1. The molecule has 2 rings (SSSR count). The van der Waals surface area contributed by atoms with Crippen LogP contribution in [0.2, 0.25) is 0 Å². The number of nitrogens with one attached hydrogen (secondary N) is 1. The zero-order valence-corrected chi connectivity index (χ0v) is 6.38. The summed E-state index contributed by atoms with van der Waals surface area (Å²) in [6, 6.07) is 8.32. The molecule has 0 amide bonds. The molecule has 1 aliphatic heterocycles. The number of nitrogens with two attached hydrogens (primary N) is 1. The van der Waals surface area contributed by atoms with Crippen molar-refractivity contribution in [3.8, 4) is 0 Å². The van der Waals surface area contributed by atoms with Crippen LogP contribution in [0.15, 0.2) is 24.3 Å². The van der Waals surface area contributed by atoms with Gasteiger partial charge in [0.1, 0.15) is 0 Å². The Balaban J connectivity index is 2.34. The molecule has 0 radical (unpaired) electrons. The highest BCUT2D eigenvalue weighted by Crippen LogP contribution is 2.21. The Kier molecular flexibility index (Phi) is 1.55. The van der Waals surface area contributed by atoms with E-state index in [2.05, 4.69) is 23.5 Å². The maximum absolute atomic E-state index is 5.74. The van der Waals surface area contributed by atoms with Gasteiger partial charge in [-0.2, -0.15) is 0 Å². The Morgan fingerprint density at radius 2 is 2.18 bits per heavy atom. The summed E-state index contributed by atoms with van der Waals surface area (Å²) in [5.74, 6) is 0. The van der Waals surface area contributed by atoms with Crippen LogP contribution < -0.4 is 11.1 Å². The summed E-state index contributed by atoms with van der Waals surface area (Å²) in [5.41, 5.74) is 8.32. The number of anilines is 1. The summed E-state index contributed by atoms with van der Waals surface area (Å²) in [5, 5.41) is 3.24. The predicted octanol–water partition coefficient (Wildman–Crippen LogP) is 1.33. The molecule has 11 heavy (non-hydrogen) atoms. The molecule has 1 aromatic rings. The second-order valence-corrected chi connectivity index (χ2v) is 2.95. The van der Waals surface area contributed by atoms with Gasteiger partial charge in [-0.05, 0) is 24.5 Å². The van der Waals surface area contributed by atoms with E-state index in [1.807, 2.05) is 6.07 Å². The van der Waals surface area contributed by atoms with Gasteiger partial charge in [-0.1, -0.05) is 18.2 Å². The van der Waals surface area contributed by atoms with E-state index in [9.17, 15) is 0 Å². The smallest absolute Gasteiger partial charge is 0.0746 e. The van der Waals surface area contributed by atoms with Crippen molar-refractivity contribution < 1.29 is 0 Å². The van der Waals surface area contributed by atoms with E-state index in [4.69, 9.17) is 5.73 Å². The summed E-state index contributed by atoms with van der Waals surface area (Å²) in [7, 11) is 0. The predicted molar refractivity (Wildman–Crippen MR) is 46.4 cm³/mol. The Morgan fingerprint density at radius 1 is 1.36 bits per heavy atom. The van der Waals surface area contributed by atoms with Crippen molar-refractivity contribution in [3.63, 3.8) is 0 Å². The van der Waals surface area contributed by atoms with Crippen LogP contribution in [-0.4, -0.2) is 6.17 Å². The fourth-order valence-corrected chi connectivity index (χ4v) is 1.46. The lowest BCUT2D eigenvalue weighted by Gasteiger charge is -2.23. The Hall–Kier alpha value is -1.02. The van der Waals surface area contributed by atoms with Gasteiger partial charge in [-0.15, -0.1) is 0 Å². The summed E-state index contributed by atoms with van der Waals surface area (Å²) in [4.78, 5) is 0. The zero-order valence-electron chi connectivity index (χ0n) is 6.38. The Morgan fingerprint density at radius 3 is 3.09 bits per heavy atom. The Bertz CT molecular complexity index is 257. The molecule has 1 atom stereocenters. The molecule has 0 aromatic heterocycles. The quantitative estimate of drug-likeness (QED) is 0.582. The molecule has 0 spiro atoms. The largest absolute Gasteiger partial charge is 0.370 e. The first-order valence-corrected chi connectivity index (χ1v) is 3.96. The highest BCUT2D eigenvalue weighted by atomic mass is 15.0. The van der Waals surface area contributed by atoms with Gasteiger partial charge in [0, 0.05) is 5.69 Å². The molecular weight excluding hydrogens is 136 g/mol. The fraction of sp³-hybridized carbons (Fsp3) is 0.333. The lowest BCUT2D eigenvalue weighted by molar-refractivity contribution is 0.656. The highest BCUT2D eigenvalue weighted by molar-refractivity contribution is 5.53. The minimum Gasteiger partial charge on any atom is -0.370 e. The maximum Gasteiger partial charge on any atom is 0.0746 e. The molecule has 0 unspecified atom stereocenters. The first-order chi connectivity index (χ1) is 5.36. The van der Waals surface area contributed by atoms with Gasteiger partial charge < -0.3 is 11.1 Å². The SMILES string of the molecule is N[C@@H]1CCc2ccccc2N1. The molecule has 3 N–H and O–H groups in total. The maximum atomic E-state index is 5.74. The van der Waals surface area contributed by atoms with Gasteiger partial charge in [0.2, 0.25) is 0 Å². The van der Waals surface area contributed by atoms with Gasteiger partial charge in [-0.3, -0.25) is 0 Å². The van der Waals surface area contributed by atoms with Gasteiger partial charge >= 0.3 is 0 Å². The third-order valence-electron chi connectivity index (χ3n) is 2.08. The number of fused-ring (bicyclic) bond motifs is 1. The van der Waals surface area contributed by atoms with Crippen molar-refractivity contribution in [1.29, 1.82) is 0 Å². The van der Waals surface area contributed by atoms with Crippen LogP contribution in [0, 0.1) is 0 Å². The van der Waals surface area contributed by atoms with E-state index < -0.39 is 0 Å². The van der Waals surface area contributed by atoms with Crippen LogP contribution in [-0.2, 0) is 6.42 Å². The molecule has 1 aromatic carbocycles. The molecule has 0 aliphatic carbocycles. The summed E-state index contributed by atoms with van der Waals surface area (Å²) < 4.78 is 0. The molecule has 1 heterocycles. The van der Waals surface area contributed by atoms with Crippen molar-refractivity contribution in [1.82, 2.24) is 0 Å². The molecule has 1 aliphatic rings. The lowest BCUT2D eigenvalue weighted by Crippen LogP contribution is -2.33. The lowest BCUT2D eigenvalue weighted by atomic mass is 10.0. The third kappa shape index (κ3) is 1.21. The number of para-hydroxylation sites is 1. The first-order valence-electron chi connectivity index (χ1n) is 3.96. The van der Waals surface area contributed by atoms with Crippen molar-refractivity contribution in [2.24, 2.45) is 5.73 Å². The van der Waals surface area contributed by atoms with E-state index in [0.29, 0.717) is 0 Å². The van der Waals surface area contributed by atoms with E-state index in [1.165, 1.54) is 11.3 Å². The fourth-order valence-electron chi connectivity index (χ4n) is 1.46. The summed E-state index contributed by atoms with van der Waals surface area (Å²) in [6.45, 7) is 0. The molecular formula is C9H12N2. The second-order valence-electron chi connectivity index (χ2n) is 2.95. The topological polar surface area (TPSA) is 38.0 Å². The third-order valence-corrected chi connectivity index (χ3v) is 2.08. The molecule has 0 fully saturated rings. The monoisotopic (exact) mass is 148 g/mol. The van der Waals surface area contributed by atoms with Gasteiger partial charge in [0.25, 0.3) is 0 Å². The molecule has 2 nitrogen and oxygen atoms in total. The molecule has 0 saturated heterocycles. The van der Waals surface area contributed by atoms with E-state index in [1.54, 1.807) is 0 Å². The van der Waals surface area contributed by atoms with Crippen LogP contribution in [0.25, 0.3) is 0 Å². The minimum atomic E-state index is 0.143. The number of rotatable bonds is 0. The van der Waals surface area contributed by atoms with Crippen molar-refractivity contribution in [3.05, 3.63) is 29.8 Å². The second kappa shape index (κ2) is 2.55. The molecule has 58 valence electrons. The van der Waals surface area contributed by atoms with E-state index in [-0.39, 0.29) is 6.17 Å². The van der Waals surface area contributed by atoms with Crippen LogP contribution in [0.4, 0.5) is 5.69 Å². The molecule has 0 saturated carbocycles. The van der Waals surface area contributed by atoms with Crippen LogP contribution in [0.3, 0.4) is 0 Å². The molecule has 0 bridgehead atoms. The van der Waals surface area contributed by atoms with Crippen molar-refractivity contribution in [2.45, 2.75) is 19.0 Å². The summed E-state index contributed by atoms with van der Waals surface area (Å²) in [6.07, 6.45) is 2.28. The number of hydrogen-bond donors (Lipinski definition) is 2. The van der Waals surface area contributed by atoms with Crippen molar-refractivity contribution in [2.75, 3.05) is 5.32 Å². The van der Waals surface area contributed by atoms with Gasteiger partial charge in [-0.25, -0.2) is 0 Å². The van der Waals surface area contributed by atoms with Crippen LogP contribution in [0.1, 0.15) is 12.0 Å². The zero-order chi connectivity index (χ0) is 7.68. The van der Waals surface area contributed by atoms with Gasteiger partial charge in [0.05, 0.1) is 6.17 Å². The van der Waals surface area contributed by atoms with E-state index >= 15 is 0 Å². The average molecular weight is 148 g/mol. The highest BCUT2D eigenvalue weighted by Gasteiger charge is 2.12. The van der Waals surface area contributed by atoms with Gasteiger partial charge in [0.15, 0.2) is 0 Å². The first kappa shape index (κ1) is 6.68. The van der Waals surface area contributed by atoms with Crippen molar-refractivity contribution >= 4 is 5.69 Å². The number of hydrogen-bond acceptors (Lipinski definition) is 2. The summed E-state index contributed by atoms with van der Waals surface area (Å²) >= 11 is 0. The average Bonchev–Trinajstić information content (AvgIpc) is 2.04. The number of aryl methyl sites for hydroxylation is 1. The van der Waals surface area contributed by atoms with Crippen LogP contribution in [0.5, 0.6) is 0 Å².